The summed E-state index contributed by atoms with van der Waals surface area (Å²) in [5.41, 5.74) is 4.22. The van der Waals surface area contributed by atoms with E-state index in [0.29, 0.717) is 6.04 Å². The first-order chi connectivity index (χ1) is 10.1. The highest BCUT2D eigenvalue weighted by atomic mass is 15.1. The molecule has 1 aliphatic carbocycles. The molecule has 1 N–H and O–H groups in total. The highest BCUT2D eigenvalue weighted by Gasteiger charge is 2.22. The first-order valence-corrected chi connectivity index (χ1v) is 8.66. The van der Waals surface area contributed by atoms with E-state index in [4.69, 9.17) is 0 Å². The Labute approximate surface area is 130 Å². The number of likely N-dealkylation sites (N-methyl/N-ethyl adjacent to an activating group) is 2. The van der Waals surface area contributed by atoms with Crippen molar-refractivity contribution in [1.29, 1.82) is 0 Å². The minimum atomic E-state index is 0.453. The Morgan fingerprint density at radius 1 is 1.19 bits per heavy atom. The van der Waals surface area contributed by atoms with Crippen LogP contribution >= 0.6 is 0 Å². The van der Waals surface area contributed by atoms with Crippen LogP contribution in [0.1, 0.15) is 55.8 Å². The Morgan fingerprint density at radius 2 is 1.95 bits per heavy atom. The molecule has 1 aromatic carbocycles. The van der Waals surface area contributed by atoms with Gasteiger partial charge in [-0.05, 0) is 62.4 Å². The third-order valence-corrected chi connectivity index (χ3v) is 5.01. The van der Waals surface area contributed by atoms with E-state index in [1.807, 2.05) is 0 Å². The van der Waals surface area contributed by atoms with Crippen molar-refractivity contribution in [3.63, 3.8) is 0 Å². The molecular weight excluding hydrogens is 256 g/mol. The van der Waals surface area contributed by atoms with Gasteiger partial charge >= 0.3 is 0 Å². The molecule has 2 heteroatoms. The zero-order valence-corrected chi connectivity index (χ0v) is 14.3. The van der Waals surface area contributed by atoms with Crippen molar-refractivity contribution < 1.29 is 0 Å². The van der Waals surface area contributed by atoms with Gasteiger partial charge in [0.25, 0.3) is 0 Å². The molecule has 0 heterocycles. The van der Waals surface area contributed by atoms with Crippen molar-refractivity contribution in [2.45, 2.75) is 53.0 Å². The minimum absolute atomic E-state index is 0.453. The quantitative estimate of drug-likeness (QED) is 0.775. The van der Waals surface area contributed by atoms with Gasteiger partial charge in [0.1, 0.15) is 0 Å². The summed E-state index contributed by atoms with van der Waals surface area (Å²) in [7, 11) is 0. The van der Waals surface area contributed by atoms with Gasteiger partial charge in [0.2, 0.25) is 0 Å². The Morgan fingerprint density at radius 3 is 2.48 bits per heavy atom. The largest absolute Gasteiger partial charge is 0.309 e. The van der Waals surface area contributed by atoms with Gasteiger partial charge in [-0.3, -0.25) is 0 Å². The average Bonchev–Trinajstić information content (AvgIpc) is 2.43. The third-order valence-electron chi connectivity index (χ3n) is 5.01. The van der Waals surface area contributed by atoms with Crippen LogP contribution in [-0.4, -0.2) is 31.1 Å². The zero-order chi connectivity index (χ0) is 15.2. The molecule has 0 saturated heterocycles. The zero-order valence-electron chi connectivity index (χ0n) is 14.3. The monoisotopic (exact) mass is 288 g/mol. The van der Waals surface area contributed by atoms with Crippen molar-refractivity contribution in [2.24, 2.45) is 5.92 Å². The number of hydrogen-bond acceptors (Lipinski definition) is 2. The second kappa shape index (κ2) is 7.95. The standard InChI is InChI=1S/C19H32N2/c1-5-20-19(18-11-10-15(3)16(4)12-18)14-21(6-2)13-17-8-7-9-17/h10-12,17,19-20H,5-9,13-14H2,1-4H3. The van der Waals surface area contributed by atoms with Gasteiger partial charge < -0.3 is 10.2 Å². The van der Waals surface area contributed by atoms with E-state index < -0.39 is 0 Å². The average molecular weight is 288 g/mol. The topological polar surface area (TPSA) is 15.3 Å². The van der Waals surface area contributed by atoms with Crippen molar-refractivity contribution in [3.05, 3.63) is 34.9 Å². The van der Waals surface area contributed by atoms with E-state index in [9.17, 15) is 0 Å². The lowest BCUT2D eigenvalue weighted by molar-refractivity contribution is 0.170. The summed E-state index contributed by atoms with van der Waals surface area (Å²) >= 11 is 0. The maximum atomic E-state index is 3.68. The molecule has 1 unspecified atom stereocenters. The van der Waals surface area contributed by atoms with E-state index in [0.717, 1.165) is 25.6 Å². The lowest BCUT2D eigenvalue weighted by atomic mass is 9.85. The maximum absolute atomic E-state index is 3.68. The predicted molar refractivity (Wildman–Crippen MR) is 91.8 cm³/mol. The van der Waals surface area contributed by atoms with Gasteiger partial charge in [-0.15, -0.1) is 0 Å². The second-order valence-corrected chi connectivity index (χ2v) is 6.60. The molecule has 118 valence electrons. The fourth-order valence-electron chi connectivity index (χ4n) is 3.15. The highest BCUT2D eigenvalue weighted by molar-refractivity contribution is 5.32. The van der Waals surface area contributed by atoms with E-state index in [-0.39, 0.29) is 0 Å². The summed E-state index contributed by atoms with van der Waals surface area (Å²) in [6, 6.07) is 7.37. The first-order valence-electron chi connectivity index (χ1n) is 8.66. The summed E-state index contributed by atoms with van der Waals surface area (Å²) in [6.45, 7) is 13.5. The van der Waals surface area contributed by atoms with Gasteiger partial charge in [-0.1, -0.05) is 38.5 Å². The fourth-order valence-corrected chi connectivity index (χ4v) is 3.15. The van der Waals surface area contributed by atoms with Crippen LogP contribution < -0.4 is 5.32 Å². The van der Waals surface area contributed by atoms with Gasteiger partial charge in [0.15, 0.2) is 0 Å². The Balaban J connectivity index is 2.03. The first kappa shape index (κ1) is 16.5. The highest BCUT2D eigenvalue weighted by Crippen LogP contribution is 2.28. The molecule has 1 fully saturated rings. The lowest BCUT2D eigenvalue weighted by Crippen LogP contribution is -2.39. The summed E-state index contributed by atoms with van der Waals surface area (Å²) in [6.07, 6.45) is 4.31. The second-order valence-electron chi connectivity index (χ2n) is 6.60. The summed E-state index contributed by atoms with van der Waals surface area (Å²) in [5, 5.41) is 3.68. The molecule has 0 aliphatic heterocycles. The fraction of sp³-hybridized carbons (Fsp3) is 0.684. The number of aryl methyl sites for hydroxylation is 2. The van der Waals surface area contributed by atoms with Gasteiger partial charge in [-0.25, -0.2) is 0 Å². The molecule has 0 radical (unpaired) electrons. The van der Waals surface area contributed by atoms with Crippen LogP contribution in [0.15, 0.2) is 18.2 Å². The minimum Gasteiger partial charge on any atom is -0.309 e. The Hall–Kier alpha value is -0.860. The molecule has 1 aromatic rings. The Bertz CT molecular complexity index is 437. The van der Waals surface area contributed by atoms with Crippen LogP contribution in [0.5, 0.6) is 0 Å². The number of nitrogens with zero attached hydrogens (tertiary/aromatic N) is 1. The molecule has 0 amide bonds. The van der Waals surface area contributed by atoms with Crippen molar-refractivity contribution in [3.8, 4) is 0 Å². The van der Waals surface area contributed by atoms with E-state index in [1.165, 1.54) is 42.5 Å². The molecule has 0 aromatic heterocycles. The van der Waals surface area contributed by atoms with E-state index in [1.54, 1.807) is 0 Å². The normalized spacial score (nSPS) is 17.0. The van der Waals surface area contributed by atoms with Crippen LogP contribution in [0.25, 0.3) is 0 Å². The molecule has 0 spiro atoms. The molecular formula is C19H32N2. The van der Waals surface area contributed by atoms with Gasteiger partial charge in [-0.2, -0.15) is 0 Å². The van der Waals surface area contributed by atoms with Crippen LogP contribution in [0.2, 0.25) is 0 Å². The SMILES string of the molecule is CCNC(CN(CC)CC1CCC1)c1ccc(C)c(C)c1. The summed E-state index contributed by atoms with van der Waals surface area (Å²) in [5.74, 6) is 0.951. The van der Waals surface area contributed by atoms with Gasteiger partial charge in [0, 0.05) is 19.1 Å². The molecule has 2 rings (SSSR count). The van der Waals surface area contributed by atoms with Crippen LogP contribution in [0.4, 0.5) is 0 Å². The number of nitrogens with one attached hydrogen (secondary N) is 1. The van der Waals surface area contributed by atoms with Crippen molar-refractivity contribution >= 4 is 0 Å². The van der Waals surface area contributed by atoms with Crippen LogP contribution in [-0.2, 0) is 0 Å². The maximum Gasteiger partial charge on any atom is 0.0449 e. The molecule has 2 nitrogen and oxygen atoms in total. The number of rotatable bonds is 8. The third kappa shape index (κ3) is 4.55. The van der Waals surface area contributed by atoms with Crippen LogP contribution in [0.3, 0.4) is 0 Å². The van der Waals surface area contributed by atoms with E-state index >= 15 is 0 Å². The number of hydrogen-bond donors (Lipinski definition) is 1. The Kier molecular flexibility index (Phi) is 6.25. The lowest BCUT2D eigenvalue weighted by Gasteiger charge is -2.34. The molecule has 1 atom stereocenters. The smallest absolute Gasteiger partial charge is 0.0449 e. The molecule has 1 aliphatic rings. The molecule has 21 heavy (non-hydrogen) atoms. The molecule has 0 bridgehead atoms. The molecule has 1 saturated carbocycles. The van der Waals surface area contributed by atoms with Gasteiger partial charge in [0.05, 0.1) is 0 Å². The van der Waals surface area contributed by atoms with Crippen molar-refractivity contribution in [2.75, 3.05) is 26.2 Å². The van der Waals surface area contributed by atoms with Crippen LogP contribution in [0, 0.1) is 19.8 Å². The summed E-state index contributed by atoms with van der Waals surface area (Å²) < 4.78 is 0. The van der Waals surface area contributed by atoms with Crippen molar-refractivity contribution in [1.82, 2.24) is 10.2 Å². The number of benzene rings is 1. The van der Waals surface area contributed by atoms with E-state index in [2.05, 4.69) is 56.1 Å². The predicted octanol–water partition coefficient (Wildman–Crippen LogP) is 4.08. The summed E-state index contributed by atoms with van der Waals surface area (Å²) in [4.78, 5) is 2.63.